The van der Waals surface area contributed by atoms with Crippen LogP contribution in [-0.4, -0.2) is 17.6 Å². The third-order valence-electron chi connectivity index (χ3n) is 1.50. The Balaban J connectivity index is 2.59. The fraction of sp³-hybridized carbons (Fsp3) is 0.375. The molecule has 0 spiro atoms. The summed E-state index contributed by atoms with van der Waals surface area (Å²) in [5, 5.41) is 0. The van der Waals surface area contributed by atoms with Crippen molar-refractivity contribution in [2.24, 2.45) is 5.73 Å². The zero-order chi connectivity index (χ0) is 8.97. The van der Waals surface area contributed by atoms with Crippen molar-refractivity contribution in [1.29, 1.82) is 0 Å². The number of carbonyl (C=O) groups excluding carboxylic acids is 1. The number of aromatic amines is 1. The standard InChI is InChI=1S/C8H12N2O2/c1-2-12-8(11)7(9)6-4-3-5-10-6/h3-5,7,10H,2,9H2,1H3. The van der Waals surface area contributed by atoms with Crippen molar-refractivity contribution >= 4 is 5.97 Å². The molecule has 0 aromatic carbocycles. The number of aromatic nitrogens is 1. The van der Waals surface area contributed by atoms with Gasteiger partial charge in [-0.15, -0.1) is 0 Å². The number of nitrogens with two attached hydrogens (primary N) is 1. The monoisotopic (exact) mass is 168 g/mol. The first-order valence-corrected chi connectivity index (χ1v) is 3.81. The van der Waals surface area contributed by atoms with Gasteiger partial charge in [0.1, 0.15) is 6.04 Å². The van der Waals surface area contributed by atoms with E-state index in [4.69, 9.17) is 10.5 Å². The van der Waals surface area contributed by atoms with E-state index in [1.165, 1.54) is 0 Å². The summed E-state index contributed by atoms with van der Waals surface area (Å²) in [6.45, 7) is 2.10. The molecule has 0 bridgehead atoms. The minimum absolute atomic E-state index is 0.354. The van der Waals surface area contributed by atoms with Crippen molar-refractivity contribution in [1.82, 2.24) is 4.98 Å². The fourth-order valence-electron chi connectivity index (χ4n) is 0.897. The van der Waals surface area contributed by atoms with Gasteiger partial charge >= 0.3 is 5.97 Å². The maximum Gasteiger partial charge on any atom is 0.329 e. The van der Waals surface area contributed by atoms with E-state index in [0.29, 0.717) is 12.3 Å². The summed E-state index contributed by atoms with van der Waals surface area (Å²) in [6, 6.07) is 2.84. The van der Waals surface area contributed by atoms with Crippen LogP contribution in [0.5, 0.6) is 0 Å². The van der Waals surface area contributed by atoms with Gasteiger partial charge in [-0.1, -0.05) is 0 Å². The van der Waals surface area contributed by atoms with Crippen LogP contribution >= 0.6 is 0 Å². The Labute approximate surface area is 70.7 Å². The third-order valence-corrected chi connectivity index (χ3v) is 1.50. The fourth-order valence-corrected chi connectivity index (χ4v) is 0.897. The first-order chi connectivity index (χ1) is 5.75. The molecule has 0 aliphatic carbocycles. The van der Waals surface area contributed by atoms with E-state index in [2.05, 4.69) is 4.98 Å². The molecule has 1 heterocycles. The van der Waals surface area contributed by atoms with Gasteiger partial charge in [-0.2, -0.15) is 0 Å². The summed E-state index contributed by atoms with van der Waals surface area (Å²) >= 11 is 0. The Morgan fingerprint density at radius 2 is 2.58 bits per heavy atom. The van der Waals surface area contributed by atoms with Crippen molar-refractivity contribution in [2.45, 2.75) is 13.0 Å². The number of carbonyl (C=O) groups is 1. The molecular weight excluding hydrogens is 156 g/mol. The van der Waals surface area contributed by atoms with Gasteiger partial charge in [0.05, 0.1) is 6.61 Å². The van der Waals surface area contributed by atoms with Gasteiger partial charge in [-0.3, -0.25) is 0 Å². The highest BCUT2D eigenvalue weighted by molar-refractivity contribution is 5.76. The number of H-pyrrole nitrogens is 1. The van der Waals surface area contributed by atoms with Gasteiger partial charge in [0.25, 0.3) is 0 Å². The number of rotatable bonds is 3. The van der Waals surface area contributed by atoms with Crippen molar-refractivity contribution in [2.75, 3.05) is 6.61 Å². The number of hydrogen-bond donors (Lipinski definition) is 2. The van der Waals surface area contributed by atoms with Gasteiger partial charge in [-0.25, -0.2) is 4.79 Å². The molecule has 1 rings (SSSR count). The highest BCUT2D eigenvalue weighted by Crippen LogP contribution is 2.07. The van der Waals surface area contributed by atoms with Crippen LogP contribution in [-0.2, 0) is 9.53 Å². The molecule has 4 nitrogen and oxygen atoms in total. The van der Waals surface area contributed by atoms with Crippen molar-refractivity contribution in [3.8, 4) is 0 Å². The largest absolute Gasteiger partial charge is 0.465 e. The lowest BCUT2D eigenvalue weighted by Gasteiger charge is -2.07. The Bertz CT molecular complexity index is 244. The first-order valence-electron chi connectivity index (χ1n) is 3.81. The lowest BCUT2D eigenvalue weighted by atomic mass is 10.2. The summed E-state index contributed by atoms with van der Waals surface area (Å²) < 4.78 is 4.74. The molecular formula is C8H12N2O2. The van der Waals surface area contributed by atoms with E-state index in [9.17, 15) is 4.79 Å². The van der Waals surface area contributed by atoms with Crippen molar-refractivity contribution < 1.29 is 9.53 Å². The Hall–Kier alpha value is -1.29. The minimum atomic E-state index is -0.694. The van der Waals surface area contributed by atoms with Gasteiger partial charge < -0.3 is 15.5 Å². The second-order valence-corrected chi connectivity index (χ2v) is 2.36. The molecule has 4 heteroatoms. The van der Waals surface area contributed by atoms with Gasteiger partial charge in [0.15, 0.2) is 0 Å². The van der Waals surface area contributed by atoms with E-state index in [-0.39, 0.29) is 0 Å². The number of esters is 1. The van der Waals surface area contributed by atoms with Crippen LogP contribution in [0, 0.1) is 0 Å². The lowest BCUT2D eigenvalue weighted by molar-refractivity contribution is -0.144. The third kappa shape index (κ3) is 1.85. The Kier molecular flexibility index (Phi) is 2.88. The molecule has 0 aliphatic heterocycles. The van der Waals surface area contributed by atoms with E-state index in [1.807, 2.05) is 0 Å². The Morgan fingerprint density at radius 1 is 1.83 bits per heavy atom. The molecule has 0 aliphatic rings. The molecule has 0 fully saturated rings. The minimum Gasteiger partial charge on any atom is -0.465 e. The van der Waals surface area contributed by atoms with Gasteiger partial charge in [-0.05, 0) is 19.1 Å². The maximum atomic E-state index is 11.1. The summed E-state index contributed by atoms with van der Waals surface area (Å²) in [6.07, 6.45) is 1.72. The predicted octanol–water partition coefficient (Wildman–Crippen LogP) is 0.578. The van der Waals surface area contributed by atoms with Crippen LogP contribution in [0.1, 0.15) is 18.7 Å². The van der Waals surface area contributed by atoms with Crippen LogP contribution < -0.4 is 5.73 Å². The number of nitrogens with one attached hydrogen (secondary N) is 1. The highest BCUT2D eigenvalue weighted by Gasteiger charge is 2.16. The zero-order valence-corrected chi connectivity index (χ0v) is 6.91. The van der Waals surface area contributed by atoms with Crippen molar-refractivity contribution in [3.63, 3.8) is 0 Å². The Morgan fingerprint density at radius 3 is 3.08 bits per heavy atom. The van der Waals surface area contributed by atoms with Crippen LogP contribution in [0.2, 0.25) is 0 Å². The molecule has 1 aromatic rings. The van der Waals surface area contributed by atoms with Crippen molar-refractivity contribution in [3.05, 3.63) is 24.0 Å². The smallest absolute Gasteiger partial charge is 0.329 e. The lowest BCUT2D eigenvalue weighted by Crippen LogP contribution is -2.23. The summed E-state index contributed by atoms with van der Waals surface area (Å²) in [5.41, 5.74) is 6.24. The second kappa shape index (κ2) is 3.92. The topological polar surface area (TPSA) is 68.1 Å². The maximum absolute atomic E-state index is 11.1. The normalized spacial score (nSPS) is 12.5. The molecule has 0 saturated carbocycles. The molecule has 66 valence electrons. The quantitative estimate of drug-likeness (QED) is 0.648. The average Bonchev–Trinajstić information content (AvgIpc) is 2.55. The van der Waals surface area contributed by atoms with E-state index >= 15 is 0 Å². The van der Waals surface area contributed by atoms with Crippen LogP contribution in [0.25, 0.3) is 0 Å². The first kappa shape index (κ1) is 8.80. The van der Waals surface area contributed by atoms with E-state index in [0.717, 1.165) is 0 Å². The zero-order valence-electron chi connectivity index (χ0n) is 6.91. The molecule has 3 N–H and O–H groups in total. The SMILES string of the molecule is CCOC(=O)C(N)c1ccc[nH]1. The van der Waals surface area contributed by atoms with Crippen LogP contribution in [0.15, 0.2) is 18.3 Å². The molecule has 1 unspecified atom stereocenters. The number of ether oxygens (including phenoxy) is 1. The van der Waals surface area contributed by atoms with Gasteiger partial charge in [0, 0.05) is 11.9 Å². The molecule has 1 atom stereocenters. The van der Waals surface area contributed by atoms with Crippen LogP contribution in [0.4, 0.5) is 0 Å². The molecule has 0 amide bonds. The summed E-state index contributed by atoms with van der Waals surface area (Å²) in [7, 11) is 0. The highest BCUT2D eigenvalue weighted by atomic mass is 16.5. The molecule has 1 aromatic heterocycles. The van der Waals surface area contributed by atoms with E-state index < -0.39 is 12.0 Å². The average molecular weight is 168 g/mol. The molecule has 12 heavy (non-hydrogen) atoms. The van der Waals surface area contributed by atoms with Gasteiger partial charge in [0.2, 0.25) is 0 Å². The summed E-state index contributed by atoms with van der Waals surface area (Å²) in [5.74, 6) is -0.403. The molecule has 0 radical (unpaired) electrons. The molecule has 0 saturated heterocycles. The summed E-state index contributed by atoms with van der Waals surface area (Å²) in [4.78, 5) is 13.9. The van der Waals surface area contributed by atoms with Crippen LogP contribution in [0.3, 0.4) is 0 Å². The number of hydrogen-bond acceptors (Lipinski definition) is 3. The van der Waals surface area contributed by atoms with E-state index in [1.54, 1.807) is 25.3 Å². The second-order valence-electron chi connectivity index (χ2n) is 2.36. The predicted molar refractivity (Wildman–Crippen MR) is 44.4 cm³/mol.